The van der Waals surface area contributed by atoms with Crippen LogP contribution in [0.2, 0.25) is 0 Å². The molecule has 0 heterocycles. The molecule has 1 nitrogen and oxygen atoms in total. The second kappa shape index (κ2) is 5.35. The fourth-order valence-electron chi connectivity index (χ4n) is 4.10. The molecule has 0 aromatic heterocycles. The first kappa shape index (κ1) is 12.2. The van der Waals surface area contributed by atoms with Gasteiger partial charge in [-0.15, -0.1) is 0 Å². The fourth-order valence-corrected chi connectivity index (χ4v) is 4.10. The summed E-state index contributed by atoms with van der Waals surface area (Å²) in [6, 6.07) is 0.558. The van der Waals surface area contributed by atoms with Crippen molar-refractivity contribution in [3.05, 3.63) is 12.2 Å². The summed E-state index contributed by atoms with van der Waals surface area (Å²) in [5.74, 6) is 2.94. The van der Waals surface area contributed by atoms with E-state index in [2.05, 4.69) is 25.9 Å². The Hall–Kier alpha value is -0.300. The van der Waals surface area contributed by atoms with Crippen LogP contribution in [0, 0.1) is 17.8 Å². The molecule has 2 saturated carbocycles. The lowest BCUT2D eigenvalue weighted by Crippen LogP contribution is -2.39. The minimum absolute atomic E-state index is 0.558. The molecule has 0 spiro atoms. The van der Waals surface area contributed by atoms with Crippen LogP contribution in [0.1, 0.15) is 51.9 Å². The number of hydrogen-bond donors (Lipinski definition) is 1. The zero-order valence-corrected chi connectivity index (χ0v) is 11.0. The molecule has 2 aliphatic carbocycles. The van der Waals surface area contributed by atoms with E-state index in [9.17, 15) is 0 Å². The van der Waals surface area contributed by atoms with Crippen LogP contribution in [0.15, 0.2) is 12.2 Å². The molecular formula is C15H27N. The van der Waals surface area contributed by atoms with Crippen molar-refractivity contribution in [2.24, 2.45) is 17.8 Å². The molecule has 2 aliphatic rings. The topological polar surface area (TPSA) is 12.0 Å². The maximum absolute atomic E-state index is 4.14. The highest BCUT2D eigenvalue weighted by Gasteiger charge is 2.34. The zero-order valence-electron chi connectivity index (χ0n) is 11.0. The predicted octanol–water partition coefficient (Wildman–Crippen LogP) is 3.76. The zero-order chi connectivity index (χ0) is 11.5. The van der Waals surface area contributed by atoms with Gasteiger partial charge < -0.3 is 5.32 Å². The quantitative estimate of drug-likeness (QED) is 0.716. The number of hydrogen-bond acceptors (Lipinski definition) is 1. The van der Waals surface area contributed by atoms with Crippen molar-refractivity contribution in [3.8, 4) is 0 Å². The van der Waals surface area contributed by atoms with Crippen molar-refractivity contribution >= 4 is 0 Å². The summed E-state index contributed by atoms with van der Waals surface area (Å²) in [5.41, 5.74) is 1.32. The van der Waals surface area contributed by atoms with Gasteiger partial charge in [-0.1, -0.05) is 37.8 Å². The first-order chi connectivity index (χ1) is 7.72. The third-order valence-electron chi connectivity index (χ3n) is 4.89. The van der Waals surface area contributed by atoms with Gasteiger partial charge in [-0.2, -0.15) is 0 Å². The molecule has 2 rings (SSSR count). The average molecular weight is 221 g/mol. The summed E-state index contributed by atoms with van der Waals surface area (Å²) in [4.78, 5) is 0. The molecule has 0 aromatic carbocycles. The van der Waals surface area contributed by atoms with Crippen LogP contribution >= 0.6 is 0 Å². The lowest BCUT2D eigenvalue weighted by Gasteiger charge is -2.42. The van der Waals surface area contributed by atoms with Crippen LogP contribution in [0.5, 0.6) is 0 Å². The highest BCUT2D eigenvalue weighted by molar-refractivity contribution is 5.05. The largest absolute Gasteiger partial charge is 0.313 e. The lowest BCUT2D eigenvalue weighted by molar-refractivity contribution is 0.117. The summed E-state index contributed by atoms with van der Waals surface area (Å²) in [5, 5.41) is 3.47. The van der Waals surface area contributed by atoms with E-state index in [0.717, 1.165) is 17.8 Å². The number of fused-ring (bicyclic) bond motifs is 1. The molecule has 0 aromatic rings. The van der Waals surface area contributed by atoms with Gasteiger partial charge in [0.15, 0.2) is 0 Å². The van der Waals surface area contributed by atoms with E-state index < -0.39 is 0 Å². The SMILES string of the molecule is C=C(C)C(NC)C1CCC2CCCCC2C1. The highest BCUT2D eigenvalue weighted by atomic mass is 14.9. The molecule has 92 valence electrons. The van der Waals surface area contributed by atoms with Gasteiger partial charge >= 0.3 is 0 Å². The standard InChI is InChI=1S/C15H27N/c1-11(2)15(16-3)14-9-8-12-6-4-5-7-13(12)10-14/h12-16H,1,4-10H2,2-3H3. The van der Waals surface area contributed by atoms with Crippen molar-refractivity contribution in [1.29, 1.82) is 0 Å². The monoisotopic (exact) mass is 221 g/mol. The summed E-state index contributed by atoms with van der Waals surface area (Å²) in [7, 11) is 2.09. The molecule has 0 bridgehead atoms. The smallest absolute Gasteiger partial charge is 0.0299 e. The third kappa shape index (κ3) is 2.51. The van der Waals surface area contributed by atoms with Gasteiger partial charge in [0, 0.05) is 6.04 Å². The van der Waals surface area contributed by atoms with Crippen LogP contribution in [-0.4, -0.2) is 13.1 Å². The van der Waals surface area contributed by atoms with Crippen molar-refractivity contribution in [2.45, 2.75) is 57.9 Å². The van der Waals surface area contributed by atoms with E-state index in [-0.39, 0.29) is 0 Å². The minimum atomic E-state index is 0.558. The molecule has 1 N–H and O–H groups in total. The van der Waals surface area contributed by atoms with Crippen molar-refractivity contribution in [3.63, 3.8) is 0 Å². The van der Waals surface area contributed by atoms with Crippen LogP contribution in [-0.2, 0) is 0 Å². The normalized spacial score (nSPS) is 36.5. The summed E-state index contributed by atoms with van der Waals surface area (Å²) in [6.45, 7) is 6.32. The van der Waals surface area contributed by atoms with Crippen LogP contribution < -0.4 is 5.32 Å². The maximum atomic E-state index is 4.14. The molecule has 1 heteroatoms. The van der Waals surface area contributed by atoms with E-state index >= 15 is 0 Å². The van der Waals surface area contributed by atoms with E-state index in [4.69, 9.17) is 0 Å². The highest BCUT2D eigenvalue weighted by Crippen LogP contribution is 2.44. The molecular weight excluding hydrogens is 194 g/mol. The van der Waals surface area contributed by atoms with Gasteiger partial charge in [0.05, 0.1) is 0 Å². The Bertz CT molecular complexity index is 246. The van der Waals surface area contributed by atoms with Crippen molar-refractivity contribution in [2.75, 3.05) is 7.05 Å². The molecule has 0 radical (unpaired) electrons. The first-order valence-corrected chi connectivity index (χ1v) is 7.05. The predicted molar refractivity (Wildman–Crippen MR) is 70.5 cm³/mol. The summed E-state index contributed by atoms with van der Waals surface area (Å²) < 4.78 is 0. The number of nitrogens with one attached hydrogen (secondary N) is 1. The second-order valence-corrected chi connectivity index (χ2v) is 5.99. The van der Waals surface area contributed by atoms with Gasteiger partial charge in [0.25, 0.3) is 0 Å². The Labute approximate surface area is 101 Å². The molecule has 16 heavy (non-hydrogen) atoms. The maximum Gasteiger partial charge on any atom is 0.0299 e. The molecule has 2 fully saturated rings. The number of likely N-dealkylation sites (N-methyl/N-ethyl adjacent to an activating group) is 1. The van der Waals surface area contributed by atoms with Crippen molar-refractivity contribution < 1.29 is 0 Å². The van der Waals surface area contributed by atoms with E-state index in [1.54, 1.807) is 0 Å². The third-order valence-corrected chi connectivity index (χ3v) is 4.89. The Kier molecular flexibility index (Phi) is 4.07. The van der Waals surface area contributed by atoms with Crippen LogP contribution in [0.4, 0.5) is 0 Å². The summed E-state index contributed by atoms with van der Waals surface area (Å²) in [6.07, 6.45) is 10.3. The Morgan fingerprint density at radius 2 is 1.81 bits per heavy atom. The molecule has 0 aliphatic heterocycles. The van der Waals surface area contributed by atoms with Crippen LogP contribution in [0.25, 0.3) is 0 Å². The van der Waals surface area contributed by atoms with Gasteiger partial charge in [-0.25, -0.2) is 0 Å². The van der Waals surface area contributed by atoms with E-state index in [1.807, 2.05) is 0 Å². The average Bonchev–Trinajstić information content (AvgIpc) is 2.29. The van der Waals surface area contributed by atoms with Gasteiger partial charge in [-0.3, -0.25) is 0 Å². The molecule has 4 unspecified atom stereocenters. The Morgan fingerprint density at radius 3 is 2.44 bits per heavy atom. The Balaban J connectivity index is 1.95. The van der Waals surface area contributed by atoms with Gasteiger partial charge in [-0.05, 0) is 51.0 Å². The summed E-state index contributed by atoms with van der Waals surface area (Å²) >= 11 is 0. The fraction of sp³-hybridized carbons (Fsp3) is 0.867. The van der Waals surface area contributed by atoms with Gasteiger partial charge in [0.1, 0.15) is 0 Å². The van der Waals surface area contributed by atoms with Gasteiger partial charge in [0.2, 0.25) is 0 Å². The molecule has 0 amide bonds. The van der Waals surface area contributed by atoms with E-state index in [1.165, 1.54) is 50.5 Å². The second-order valence-electron chi connectivity index (χ2n) is 5.99. The van der Waals surface area contributed by atoms with E-state index in [0.29, 0.717) is 6.04 Å². The lowest BCUT2D eigenvalue weighted by atomic mass is 9.65. The number of rotatable bonds is 3. The van der Waals surface area contributed by atoms with Crippen LogP contribution in [0.3, 0.4) is 0 Å². The first-order valence-electron chi connectivity index (χ1n) is 7.05. The minimum Gasteiger partial charge on any atom is -0.313 e. The molecule has 4 atom stereocenters. The van der Waals surface area contributed by atoms with Crippen molar-refractivity contribution in [1.82, 2.24) is 5.32 Å². The Morgan fingerprint density at radius 1 is 1.12 bits per heavy atom. The molecule has 0 saturated heterocycles.